The molecule has 0 fully saturated rings. The molecule has 1 aromatic rings. The number of benzene rings is 1. The first-order valence-electron chi connectivity index (χ1n) is 6.73. The van der Waals surface area contributed by atoms with E-state index in [1.54, 1.807) is 25.2 Å². The zero-order valence-corrected chi connectivity index (χ0v) is 13.6. The number of ether oxygens (including phenoxy) is 1. The zero-order chi connectivity index (χ0) is 15.3. The van der Waals surface area contributed by atoms with Crippen LogP contribution < -0.4 is 10.1 Å². The number of hydrogen-bond donors (Lipinski definition) is 1. The van der Waals surface area contributed by atoms with Crippen LogP contribution in [0.15, 0.2) is 23.1 Å². The quantitative estimate of drug-likeness (QED) is 0.834. The van der Waals surface area contributed by atoms with Crippen LogP contribution in [-0.4, -0.2) is 39.5 Å². The minimum atomic E-state index is -3.46. The topological polar surface area (TPSA) is 58.6 Å². The van der Waals surface area contributed by atoms with Gasteiger partial charge in [-0.1, -0.05) is 0 Å². The van der Waals surface area contributed by atoms with Crippen molar-refractivity contribution in [3.63, 3.8) is 0 Å². The highest BCUT2D eigenvalue weighted by Crippen LogP contribution is 2.25. The van der Waals surface area contributed by atoms with Gasteiger partial charge in [-0.15, -0.1) is 0 Å². The summed E-state index contributed by atoms with van der Waals surface area (Å²) in [5.74, 6) is 0.716. The predicted octanol–water partition coefficient (Wildman–Crippen LogP) is 1.83. The van der Waals surface area contributed by atoms with Crippen LogP contribution in [0.4, 0.5) is 0 Å². The van der Waals surface area contributed by atoms with E-state index >= 15 is 0 Å². The van der Waals surface area contributed by atoms with Crippen molar-refractivity contribution in [2.24, 2.45) is 0 Å². The van der Waals surface area contributed by atoms with Gasteiger partial charge in [-0.3, -0.25) is 0 Å². The maximum absolute atomic E-state index is 12.5. The van der Waals surface area contributed by atoms with Gasteiger partial charge in [0.15, 0.2) is 0 Å². The van der Waals surface area contributed by atoms with Crippen LogP contribution in [0.3, 0.4) is 0 Å². The predicted molar refractivity (Wildman–Crippen MR) is 80.5 cm³/mol. The molecule has 0 saturated carbocycles. The van der Waals surface area contributed by atoms with E-state index < -0.39 is 10.0 Å². The number of rotatable bonds is 7. The summed E-state index contributed by atoms with van der Waals surface area (Å²) in [5.41, 5.74) is 0.840. The van der Waals surface area contributed by atoms with Crippen LogP contribution in [-0.2, 0) is 16.6 Å². The molecule has 0 saturated heterocycles. The minimum Gasteiger partial charge on any atom is -0.494 e. The monoisotopic (exact) mass is 300 g/mol. The summed E-state index contributed by atoms with van der Waals surface area (Å²) in [6, 6.07) is 4.91. The van der Waals surface area contributed by atoms with Crippen molar-refractivity contribution >= 4 is 10.0 Å². The van der Waals surface area contributed by atoms with E-state index in [9.17, 15) is 8.42 Å². The second-order valence-corrected chi connectivity index (χ2v) is 6.85. The molecule has 0 radical (unpaired) electrons. The van der Waals surface area contributed by atoms with Crippen LogP contribution >= 0.6 is 0 Å². The van der Waals surface area contributed by atoms with E-state index in [-0.39, 0.29) is 6.04 Å². The fraction of sp³-hybridized carbons (Fsp3) is 0.571. The van der Waals surface area contributed by atoms with Gasteiger partial charge in [0.05, 0.1) is 11.5 Å². The molecule has 1 rings (SSSR count). The van der Waals surface area contributed by atoms with E-state index in [0.29, 0.717) is 23.8 Å². The Hall–Kier alpha value is -1.11. The molecule has 20 heavy (non-hydrogen) atoms. The third-order valence-corrected chi connectivity index (χ3v) is 5.13. The zero-order valence-electron chi connectivity index (χ0n) is 12.8. The maximum atomic E-state index is 12.5. The fourth-order valence-electron chi connectivity index (χ4n) is 1.78. The van der Waals surface area contributed by atoms with Crippen molar-refractivity contribution in [2.75, 3.05) is 20.7 Å². The third kappa shape index (κ3) is 3.71. The van der Waals surface area contributed by atoms with Crippen LogP contribution in [0.1, 0.15) is 26.3 Å². The van der Waals surface area contributed by atoms with Gasteiger partial charge in [0, 0.05) is 25.2 Å². The summed E-state index contributed by atoms with van der Waals surface area (Å²) in [4.78, 5) is 0.294. The molecule has 0 aliphatic heterocycles. The van der Waals surface area contributed by atoms with Crippen LogP contribution in [0.25, 0.3) is 0 Å². The lowest BCUT2D eigenvalue weighted by atomic mass is 10.2. The van der Waals surface area contributed by atoms with E-state index in [1.807, 2.05) is 27.8 Å². The maximum Gasteiger partial charge on any atom is 0.243 e. The van der Waals surface area contributed by atoms with Crippen LogP contribution in [0.5, 0.6) is 5.75 Å². The Morgan fingerprint density at radius 3 is 2.50 bits per heavy atom. The highest BCUT2D eigenvalue weighted by Gasteiger charge is 2.24. The van der Waals surface area contributed by atoms with E-state index in [0.717, 1.165) is 5.56 Å². The molecule has 0 spiro atoms. The number of nitrogens with one attached hydrogen (secondary N) is 1. The largest absolute Gasteiger partial charge is 0.494 e. The van der Waals surface area contributed by atoms with Crippen molar-refractivity contribution in [1.29, 1.82) is 0 Å². The van der Waals surface area contributed by atoms with E-state index in [1.165, 1.54) is 4.31 Å². The number of hydrogen-bond acceptors (Lipinski definition) is 4. The van der Waals surface area contributed by atoms with Gasteiger partial charge in [-0.05, 0) is 46.0 Å². The Kier molecular flexibility index (Phi) is 5.98. The molecule has 114 valence electrons. The Morgan fingerprint density at radius 1 is 1.35 bits per heavy atom. The SMILES string of the molecule is CCOc1ccc(S(=O)(=O)N(C)C(C)C)cc1CNC. The van der Waals surface area contributed by atoms with Crippen LogP contribution in [0.2, 0.25) is 0 Å². The lowest BCUT2D eigenvalue weighted by Crippen LogP contribution is -2.33. The molecule has 0 aromatic heterocycles. The molecule has 1 aromatic carbocycles. The van der Waals surface area contributed by atoms with Crippen molar-refractivity contribution in [1.82, 2.24) is 9.62 Å². The minimum absolute atomic E-state index is 0.0840. The molecule has 0 bridgehead atoms. The van der Waals surface area contributed by atoms with Gasteiger partial charge in [0.2, 0.25) is 10.0 Å². The molecule has 6 heteroatoms. The Balaban J connectivity index is 3.23. The smallest absolute Gasteiger partial charge is 0.243 e. The van der Waals surface area contributed by atoms with Gasteiger partial charge in [-0.25, -0.2) is 8.42 Å². The lowest BCUT2D eigenvalue weighted by Gasteiger charge is -2.21. The molecule has 0 unspecified atom stereocenters. The molecule has 0 aliphatic rings. The van der Waals surface area contributed by atoms with Crippen LogP contribution in [0, 0.1) is 0 Å². The standard InChI is InChI=1S/C14H24N2O3S/c1-6-19-14-8-7-13(9-12(14)10-15-4)20(17,18)16(5)11(2)3/h7-9,11,15H,6,10H2,1-5H3. The summed E-state index contributed by atoms with van der Waals surface area (Å²) in [6.07, 6.45) is 0. The van der Waals surface area contributed by atoms with Crippen molar-refractivity contribution in [3.05, 3.63) is 23.8 Å². The van der Waals surface area contributed by atoms with Gasteiger partial charge in [-0.2, -0.15) is 4.31 Å². The molecular formula is C14H24N2O3S. The summed E-state index contributed by atoms with van der Waals surface area (Å²) in [5, 5.41) is 3.03. The molecule has 0 amide bonds. The first-order chi connectivity index (χ1) is 9.34. The first-order valence-corrected chi connectivity index (χ1v) is 8.17. The van der Waals surface area contributed by atoms with Gasteiger partial charge in [0.1, 0.15) is 5.75 Å². The van der Waals surface area contributed by atoms with E-state index in [4.69, 9.17) is 4.74 Å². The van der Waals surface area contributed by atoms with Gasteiger partial charge < -0.3 is 10.1 Å². The summed E-state index contributed by atoms with van der Waals surface area (Å²) >= 11 is 0. The molecule has 0 atom stereocenters. The molecule has 0 heterocycles. The number of sulfonamides is 1. The average molecular weight is 300 g/mol. The molecular weight excluding hydrogens is 276 g/mol. The van der Waals surface area contributed by atoms with Crippen molar-refractivity contribution in [2.45, 2.75) is 38.3 Å². The highest BCUT2D eigenvalue weighted by molar-refractivity contribution is 7.89. The molecule has 5 nitrogen and oxygen atoms in total. The van der Waals surface area contributed by atoms with Crippen molar-refractivity contribution < 1.29 is 13.2 Å². The average Bonchev–Trinajstić information content (AvgIpc) is 2.40. The lowest BCUT2D eigenvalue weighted by molar-refractivity contribution is 0.335. The highest BCUT2D eigenvalue weighted by atomic mass is 32.2. The van der Waals surface area contributed by atoms with Gasteiger partial charge in [0.25, 0.3) is 0 Å². The first kappa shape index (κ1) is 16.9. The number of nitrogens with zero attached hydrogens (tertiary/aromatic N) is 1. The Bertz CT molecular complexity index is 541. The molecule has 1 N–H and O–H groups in total. The second-order valence-electron chi connectivity index (χ2n) is 4.85. The van der Waals surface area contributed by atoms with Gasteiger partial charge >= 0.3 is 0 Å². The Labute approximate surface area is 122 Å². The van der Waals surface area contributed by atoms with Crippen molar-refractivity contribution in [3.8, 4) is 5.75 Å². The second kappa shape index (κ2) is 7.06. The Morgan fingerprint density at radius 2 is 2.00 bits per heavy atom. The normalized spacial score (nSPS) is 12.2. The molecule has 0 aliphatic carbocycles. The summed E-state index contributed by atoms with van der Waals surface area (Å²) in [7, 11) is -0.0527. The van der Waals surface area contributed by atoms with E-state index in [2.05, 4.69) is 5.32 Å². The summed E-state index contributed by atoms with van der Waals surface area (Å²) in [6.45, 7) is 6.71. The summed E-state index contributed by atoms with van der Waals surface area (Å²) < 4.78 is 31.8. The fourth-order valence-corrected chi connectivity index (χ4v) is 3.20. The third-order valence-electron chi connectivity index (χ3n) is 3.10.